The van der Waals surface area contributed by atoms with E-state index < -0.39 is 11.5 Å². The van der Waals surface area contributed by atoms with Crippen LogP contribution in [-0.4, -0.2) is 11.5 Å². The van der Waals surface area contributed by atoms with Crippen molar-refractivity contribution in [2.75, 3.05) is 0 Å². The molecule has 3 nitrogen and oxygen atoms in total. The average molecular weight is 114 g/mol. The van der Waals surface area contributed by atoms with Crippen molar-refractivity contribution in [2.45, 2.75) is 18.4 Å². The number of esters is 1. The van der Waals surface area contributed by atoms with Gasteiger partial charge >= 0.3 is 5.97 Å². The average Bonchev–Trinajstić information content (AvgIpc) is 2.47. The van der Waals surface area contributed by atoms with Crippen LogP contribution in [0.3, 0.4) is 0 Å². The fourth-order valence-electron chi connectivity index (χ4n) is 0.483. The minimum Gasteiger partial charge on any atom is -0.461 e. The van der Waals surface area contributed by atoms with E-state index in [-0.39, 0.29) is 0 Å². The van der Waals surface area contributed by atoms with Crippen LogP contribution >= 0.6 is 0 Å². The van der Waals surface area contributed by atoms with Crippen molar-refractivity contribution in [2.24, 2.45) is 5.73 Å². The number of carbonyl (C=O) groups is 1. The molecule has 1 radical (unpaired) electrons. The van der Waals surface area contributed by atoms with Gasteiger partial charge in [0.15, 0.2) is 0 Å². The Balaban J connectivity index is 2.46. The molecule has 8 heavy (non-hydrogen) atoms. The van der Waals surface area contributed by atoms with E-state index >= 15 is 0 Å². The molecule has 3 heteroatoms. The first-order valence-corrected chi connectivity index (χ1v) is 2.44. The Hall–Kier alpha value is -0.570. The highest BCUT2D eigenvalue weighted by Crippen LogP contribution is 2.32. The van der Waals surface area contributed by atoms with E-state index in [1.165, 1.54) is 0 Å². The third-order valence-electron chi connectivity index (χ3n) is 1.33. The number of carbonyl (C=O) groups excluding carboxylic acids is 1. The molecule has 45 valence electrons. The highest BCUT2D eigenvalue weighted by molar-refractivity contribution is 5.83. The zero-order valence-electron chi connectivity index (χ0n) is 4.52. The van der Waals surface area contributed by atoms with Crippen molar-refractivity contribution in [3.05, 3.63) is 7.11 Å². The zero-order valence-corrected chi connectivity index (χ0v) is 4.52. The number of nitrogens with two attached hydrogens (primary N) is 1. The highest BCUT2D eigenvalue weighted by Gasteiger charge is 2.47. The maximum atomic E-state index is 10.5. The topological polar surface area (TPSA) is 52.3 Å². The molecule has 0 aromatic rings. The quantitative estimate of drug-likeness (QED) is 0.481. The molecule has 0 atom stereocenters. The summed E-state index contributed by atoms with van der Waals surface area (Å²) in [5.41, 5.74) is 4.72. The van der Waals surface area contributed by atoms with Gasteiger partial charge in [-0.25, -0.2) is 0 Å². The van der Waals surface area contributed by atoms with Crippen molar-refractivity contribution < 1.29 is 9.53 Å². The molecule has 0 spiro atoms. The van der Waals surface area contributed by atoms with Gasteiger partial charge in [-0.15, -0.1) is 0 Å². The van der Waals surface area contributed by atoms with Crippen LogP contribution in [0.25, 0.3) is 0 Å². The SMILES string of the molecule is [CH2]OC(=O)C1(N)CC1. The summed E-state index contributed by atoms with van der Waals surface area (Å²) < 4.78 is 4.16. The van der Waals surface area contributed by atoms with Crippen LogP contribution in [-0.2, 0) is 9.53 Å². The van der Waals surface area contributed by atoms with Gasteiger partial charge in [0, 0.05) is 0 Å². The molecule has 1 fully saturated rings. The van der Waals surface area contributed by atoms with Gasteiger partial charge in [-0.1, -0.05) is 0 Å². The Bertz CT molecular complexity index is 118. The van der Waals surface area contributed by atoms with Gasteiger partial charge in [-0.3, -0.25) is 4.79 Å². The second-order valence-corrected chi connectivity index (χ2v) is 2.09. The van der Waals surface area contributed by atoms with Gasteiger partial charge in [0.2, 0.25) is 0 Å². The lowest BCUT2D eigenvalue weighted by Gasteiger charge is -2.02. The molecule has 0 aromatic heterocycles. The van der Waals surface area contributed by atoms with Gasteiger partial charge in [-0.2, -0.15) is 0 Å². The van der Waals surface area contributed by atoms with Gasteiger partial charge in [0.05, 0.1) is 0 Å². The lowest BCUT2D eigenvalue weighted by Crippen LogP contribution is -2.33. The van der Waals surface area contributed by atoms with E-state index in [9.17, 15) is 4.79 Å². The van der Waals surface area contributed by atoms with E-state index in [2.05, 4.69) is 11.8 Å². The Labute approximate surface area is 47.8 Å². The summed E-state index contributed by atoms with van der Waals surface area (Å²) in [5, 5.41) is 0. The van der Waals surface area contributed by atoms with Gasteiger partial charge < -0.3 is 10.5 Å². The molecule has 1 rings (SSSR count). The third-order valence-corrected chi connectivity index (χ3v) is 1.33. The molecule has 0 bridgehead atoms. The van der Waals surface area contributed by atoms with Crippen LogP contribution in [0.1, 0.15) is 12.8 Å². The van der Waals surface area contributed by atoms with Gasteiger partial charge in [0.25, 0.3) is 0 Å². The standard InChI is InChI=1S/C5H8NO2/c1-8-4(7)5(6)2-3-5/h1-3,6H2. The highest BCUT2D eigenvalue weighted by atomic mass is 16.5. The van der Waals surface area contributed by atoms with E-state index in [1.54, 1.807) is 0 Å². The predicted molar refractivity (Wildman–Crippen MR) is 27.6 cm³/mol. The lowest BCUT2D eigenvalue weighted by atomic mass is 10.3. The summed E-state index contributed by atoms with van der Waals surface area (Å²) in [4.78, 5) is 10.5. The van der Waals surface area contributed by atoms with Crippen molar-refractivity contribution in [1.82, 2.24) is 0 Å². The van der Waals surface area contributed by atoms with Gasteiger partial charge in [-0.05, 0) is 12.8 Å². The summed E-state index contributed by atoms with van der Waals surface area (Å²) in [6, 6.07) is 0. The molecule has 1 aliphatic carbocycles. The molecule has 0 saturated heterocycles. The first kappa shape index (κ1) is 5.56. The second kappa shape index (κ2) is 1.45. The molecule has 1 saturated carbocycles. The summed E-state index contributed by atoms with van der Waals surface area (Å²) in [6.07, 6.45) is 1.47. The summed E-state index contributed by atoms with van der Waals surface area (Å²) >= 11 is 0. The van der Waals surface area contributed by atoms with Crippen molar-refractivity contribution in [3.8, 4) is 0 Å². The molecule has 0 amide bonds. The Morgan fingerprint density at radius 2 is 2.25 bits per heavy atom. The number of ether oxygens (including phenoxy) is 1. The van der Waals surface area contributed by atoms with Gasteiger partial charge in [0.1, 0.15) is 12.6 Å². The third kappa shape index (κ3) is 0.690. The Morgan fingerprint density at radius 1 is 1.75 bits per heavy atom. The van der Waals surface area contributed by atoms with Crippen LogP contribution in [0.2, 0.25) is 0 Å². The molecule has 0 unspecified atom stereocenters. The van der Waals surface area contributed by atoms with Crippen LogP contribution in [0.15, 0.2) is 0 Å². The fraction of sp³-hybridized carbons (Fsp3) is 0.600. The largest absolute Gasteiger partial charge is 0.461 e. The first-order chi connectivity index (χ1) is 3.69. The molecule has 0 aromatic carbocycles. The molecule has 1 aliphatic rings. The predicted octanol–water partition coefficient (Wildman–Crippen LogP) is -0.188. The van der Waals surface area contributed by atoms with Crippen LogP contribution < -0.4 is 5.73 Å². The molecular weight excluding hydrogens is 106 g/mol. The van der Waals surface area contributed by atoms with E-state index in [0.29, 0.717) is 0 Å². The normalized spacial score (nSPS) is 22.2. The number of hydrogen-bond donors (Lipinski definition) is 1. The fourth-order valence-corrected chi connectivity index (χ4v) is 0.483. The van der Waals surface area contributed by atoms with Crippen LogP contribution in [0.5, 0.6) is 0 Å². The summed E-state index contributed by atoms with van der Waals surface area (Å²) in [6.45, 7) is 0. The Morgan fingerprint density at radius 3 is 2.38 bits per heavy atom. The second-order valence-electron chi connectivity index (χ2n) is 2.09. The maximum absolute atomic E-state index is 10.5. The zero-order chi connectivity index (χ0) is 6.20. The van der Waals surface area contributed by atoms with Crippen LogP contribution in [0, 0.1) is 7.11 Å². The summed E-state index contributed by atoms with van der Waals surface area (Å²) in [7, 11) is 2.96. The van der Waals surface area contributed by atoms with Crippen LogP contribution in [0.4, 0.5) is 0 Å². The maximum Gasteiger partial charge on any atom is 0.326 e. The molecular formula is C5H8NO2. The lowest BCUT2D eigenvalue weighted by molar-refractivity contribution is -0.141. The molecule has 0 aliphatic heterocycles. The first-order valence-electron chi connectivity index (χ1n) is 2.44. The molecule has 2 N–H and O–H groups in total. The van der Waals surface area contributed by atoms with Crippen molar-refractivity contribution >= 4 is 5.97 Å². The Kier molecular flexibility index (Phi) is 1.01. The monoisotopic (exact) mass is 114 g/mol. The minimum absolute atomic E-state index is 0.391. The molecule has 0 heterocycles. The smallest absolute Gasteiger partial charge is 0.326 e. The van der Waals surface area contributed by atoms with E-state index in [0.717, 1.165) is 12.8 Å². The number of rotatable bonds is 1. The minimum atomic E-state index is -0.665. The summed E-state index contributed by atoms with van der Waals surface area (Å²) in [5.74, 6) is -0.391. The van der Waals surface area contributed by atoms with E-state index in [1.807, 2.05) is 0 Å². The number of hydrogen-bond acceptors (Lipinski definition) is 3. The van der Waals surface area contributed by atoms with Crippen molar-refractivity contribution in [3.63, 3.8) is 0 Å². The van der Waals surface area contributed by atoms with Crippen molar-refractivity contribution in [1.29, 1.82) is 0 Å². The van der Waals surface area contributed by atoms with E-state index in [4.69, 9.17) is 5.73 Å².